The quantitative estimate of drug-likeness (QED) is 0.832. The number of hydrogen-bond acceptors (Lipinski definition) is 2. The van der Waals surface area contributed by atoms with E-state index in [4.69, 9.17) is 4.84 Å². The lowest BCUT2D eigenvalue weighted by Crippen LogP contribution is -2.40. The summed E-state index contributed by atoms with van der Waals surface area (Å²) in [5, 5.41) is 0. The van der Waals surface area contributed by atoms with Gasteiger partial charge in [-0.2, -0.15) is 0 Å². The van der Waals surface area contributed by atoms with Crippen LogP contribution in [0.1, 0.15) is 67.7 Å². The molecule has 0 saturated carbocycles. The van der Waals surface area contributed by atoms with E-state index in [9.17, 15) is 4.79 Å². The van der Waals surface area contributed by atoms with Crippen LogP contribution in [0.3, 0.4) is 0 Å². The minimum absolute atomic E-state index is 0.0447. The van der Waals surface area contributed by atoms with Gasteiger partial charge in [0.25, 0.3) is 0 Å². The second-order valence-corrected chi connectivity index (χ2v) is 7.89. The maximum absolute atomic E-state index is 12.0. The van der Waals surface area contributed by atoms with Crippen LogP contribution in [0.4, 0.5) is 0 Å². The third kappa shape index (κ3) is 3.71. The van der Waals surface area contributed by atoms with Crippen molar-refractivity contribution >= 4 is 5.91 Å². The Morgan fingerprint density at radius 1 is 1.28 bits per heavy atom. The second kappa shape index (κ2) is 4.84. The van der Waals surface area contributed by atoms with Crippen molar-refractivity contribution in [1.82, 2.24) is 5.48 Å². The van der Waals surface area contributed by atoms with Crippen molar-refractivity contribution in [3.8, 4) is 0 Å². The molecule has 0 aliphatic carbocycles. The monoisotopic (exact) mass is 255 g/mol. The smallest absolute Gasteiger partial charge is 0.249 e. The minimum atomic E-state index is -0.387. The van der Waals surface area contributed by atoms with Gasteiger partial charge in [0.05, 0.1) is 5.92 Å². The number of carbonyl (C=O) groups is 1. The molecule has 1 saturated heterocycles. The van der Waals surface area contributed by atoms with Gasteiger partial charge >= 0.3 is 0 Å². The summed E-state index contributed by atoms with van der Waals surface area (Å²) in [5.74, 6) is -0.00468. The first-order valence-corrected chi connectivity index (χ1v) is 6.97. The fraction of sp³-hybridized carbons (Fsp3) is 0.933. The van der Waals surface area contributed by atoms with E-state index in [2.05, 4.69) is 53.9 Å². The maximum atomic E-state index is 12.0. The predicted octanol–water partition coefficient (Wildman–Crippen LogP) is 3.69. The zero-order chi connectivity index (χ0) is 14.2. The average Bonchev–Trinajstić information content (AvgIpc) is 2.43. The summed E-state index contributed by atoms with van der Waals surface area (Å²) in [7, 11) is 0. The number of carbonyl (C=O) groups excluding carboxylic acids is 1. The van der Waals surface area contributed by atoms with Gasteiger partial charge in [-0.05, 0) is 30.6 Å². The molecule has 0 spiro atoms. The third-order valence-corrected chi connectivity index (χ3v) is 4.03. The largest absolute Gasteiger partial charge is 0.272 e. The molecule has 1 aliphatic heterocycles. The molecular weight excluding hydrogens is 226 g/mol. The van der Waals surface area contributed by atoms with E-state index in [1.165, 1.54) is 0 Å². The van der Waals surface area contributed by atoms with Crippen molar-refractivity contribution in [3.05, 3.63) is 0 Å². The van der Waals surface area contributed by atoms with Gasteiger partial charge in [0, 0.05) is 0 Å². The van der Waals surface area contributed by atoms with E-state index in [0.717, 1.165) is 19.3 Å². The first-order chi connectivity index (χ1) is 7.99. The second-order valence-electron chi connectivity index (χ2n) is 7.89. The Kier molecular flexibility index (Phi) is 4.16. The van der Waals surface area contributed by atoms with Crippen molar-refractivity contribution in [2.45, 2.75) is 73.3 Å². The van der Waals surface area contributed by atoms with Crippen molar-refractivity contribution in [3.63, 3.8) is 0 Å². The van der Waals surface area contributed by atoms with Crippen molar-refractivity contribution in [2.75, 3.05) is 0 Å². The van der Waals surface area contributed by atoms with Crippen LogP contribution in [-0.4, -0.2) is 11.5 Å². The van der Waals surface area contributed by atoms with Gasteiger partial charge in [-0.1, -0.05) is 48.0 Å². The molecule has 0 bridgehead atoms. The van der Waals surface area contributed by atoms with Gasteiger partial charge in [-0.3, -0.25) is 9.63 Å². The minimum Gasteiger partial charge on any atom is -0.272 e. The zero-order valence-corrected chi connectivity index (χ0v) is 13.0. The summed E-state index contributed by atoms with van der Waals surface area (Å²) in [5.41, 5.74) is 2.53. The number of amides is 1. The molecular formula is C15H29NO2. The molecule has 1 rings (SSSR count). The number of hydrogen-bond donors (Lipinski definition) is 1. The molecule has 106 valence electrons. The summed E-state index contributed by atoms with van der Waals surface area (Å²) in [4.78, 5) is 17.7. The van der Waals surface area contributed by atoms with Gasteiger partial charge in [-0.15, -0.1) is 0 Å². The van der Waals surface area contributed by atoms with Gasteiger partial charge in [0.2, 0.25) is 5.91 Å². The van der Waals surface area contributed by atoms with Crippen LogP contribution in [-0.2, 0) is 9.63 Å². The van der Waals surface area contributed by atoms with Crippen LogP contribution in [0.2, 0.25) is 0 Å². The molecule has 2 unspecified atom stereocenters. The number of nitrogens with one attached hydrogen (secondary N) is 1. The Balaban J connectivity index is 2.88. The van der Waals surface area contributed by atoms with Gasteiger partial charge in [0.15, 0.2) is 0 Å². The van der Waals surface area contributed by atoms with E-state index in [0.29, 0.717) is 0 Å². The normalized spacial score (nSPS) is 29.5. The van der Waals surface area contributed by atoms with Crippen LogP contribution in [0.5, 0.6) is 0 Å². The van der Waals surface area contributed by atoms with Gasteiger partial charge < -0.3 is 0 Å². The Hall–Kier alpha value is -0.570. The highest BCUT2D eigenvalue weighted by molar-refractivity contribution is 5.80. The number of hydroxylamine groups is 1. The summed E-state index contributed by atoms with van der Waals surface area (Å²) < 4.78 is 0. The van der Waals surface area contributed by atoms with Crippen molar-refractivity contribution < 1.29 is 9.63 Å². The zero-order valence-electron chi connectivity index (χ0n) is 13.0. The van der Waals surface area contributed by atoms with Crippen LogP contribution in [0.15, 0.2) is 0 Å². The summed E-state index contributed by atoms with van der Waals surface area (Å²) in [6.07, 6.45) is 2.83. The Morgan fingerprint density at radius 3 is 2.28 bits per heavy atom. The average molecular weight is 255 g/mol. The van der Waals surface area contributed by atoms with Crippen LogP contribution in [0, 0.1) is 16.7 Å². The molecule has 1 fully saturated rings. The summed E-state index contributed by atoms with van der Waals surface area (Å²) in [6, 6.07) is 0. The Labute approximate surface area is 112 Å². The molecule has 3 nitrogen and oxygen atoms in total. The lowest BCUT2D eigenvalue weighted by Gasteiger charge is -2.36. The molecule has 0 radical (unpaired) electrons. The van der Waals surface area contributed by atoms with Gasteiger partial charge in [-0.25, -0.2) is 5.48 Å². The fourth-order valence-corrected chi connectivity index (χ4v) is 2.80. The highest BCUT2D eigenvalue weighted by Gasteiger charge is 2.49. The molecule has 3 heteroatoms. The van der Waals surface area contributed by atoms with Crippen molar-refractivity contribution in [2.24, 2.45) is 16.7 Å². The Bertz CT molecular complexity index is 317. The van der Waals surface area contributed by atoms with E-state index in [1.54, 1.807) is 0 Å². The topological polar surface area (TPSA) is 38.3 Å². The highest BCUT2D eigenvalue weighted by atomic mass is 16.7. The molecule has 0 aromatic rings. The standard InChI is InChI=1S/C15H29NO2/c1-8-14(5,6)9-11-12(17)16-18-15(11,7)10-13(2,3)4/h11H,8-10H2,1-7H3,(H,16,17). The predicted molar refractivity (Wildman–Crippen MR) is 73.9 cm³/mol. The molecule has 1 N–H and O–H groups in total. The Morgan fingerprint density at radius 2 is 1.83 bits per heavy atom. The summed E-state index contributed by atoms with van der Waals surface area (Å²) in [6.45, 7) is 15.2. The SMILES string of the molecule is CCC(C)(C)CC1C(=O)NOC1(C)CC(C)(C)C. The molecule has 0 aromatic carbocycles. The lowest BCUT2D eigenvalue weighted by molar-refractivity contribution is -0.127. The summed E-state index contributed by atoms with van der Waals surface area (Å²) >= 11 is 0. The van der Waals surface area contributed by atoms with Crippen LogP contribution >= 0.6 is 0 Å². The highest BCUT2D eigenvalue weighted by Crippen LogP contribution is 2.43. The fourth-order valence-electron chi connectivity index (χ4n) is 2.80. The van der Waals surface area contributed by atoms with Crippen molar-refractivity contribution in [1.29, 1.82) is 0 Å². The molecule has 1 heterocycles. The number of rotatable bonds is 4. The van der Waals surface area contributed by atoms with Crippen LogP contribution in [0.25, 0.3) is 0 Å². The van der Waals surface area contributed by atoms with E-state index in [-0.39, 0.29) is 28.3 Å². The van der Waals surface area contributed by atoms with E-state index < -0.39 is 0 Å². The van der Waals surface area contributed by atoms with Gasteiger partial charge in [0.1, 0.15) is 5.60 Å². The van der Waals surface area contributed by atoms with E-state index >= 15 is 0 Å². The molecule has 2 atom stereocenters. The third-order valence-electron chi connectivity index (χ3n) is 4.03. The first-order valence-electron chi connectivity index (χ1n) is 6.97. The lowest BCUT2D eigenvalue weighted by atomic mass is 9.70. The molecule has 1 amide bonds. The molecule has 0 aromatic heterocycles. The maximum Gasteiger partial charge on any atom is 0.249 e. The molecule has 1 aliphatic rings. The van der Waals surface area contributed by atoms with Crippen LogP contribution < -0.4 is 5.48 Å². The van der Waals surface area contributed by atoms with E-state index in [1.807, 2.05) is 0 Å². The first kappa shape index (κ1) is 15.5. The molecule has 18 heavy (non-hydrogen) atoms.